The molecule has 1 saturated heterocycles. The van der Waals surface area contributed by atoms with Gasteiger partial charge < -0.3 is 10.2 Å². The molecule has 0 aliphatic carbocycles. The van der Waals surface area contributed by atoms with Gasteiger partial charge in [0.25, 0.3) is 0 Å². The van der Waals surface area contributed by atoms with Gasteiger partial charge in [0.05, 0.1) is 12.6 Å². The van der Waals surface area contributed by atoms with E-state index in [0.29, 0.717) is 0 Å². The first kappa shape index (κ1) is 7.87. The maximum absolute atomic E-state index is 12.6. The lowest BCUT2D eigenvalue weighted by atomic mass is 10.1. The first-order chi connectivity index (χ1) is 4.75. The molecule has 0 spiro atoms. The average molecular weight is 150 g/mol. The van der Waals surface area contributed by atoms with Crippen LogP contribution in [0.3, 0.4) is 0 Å². The number of aliphatic hydroxyl groups is 2. The van der Waals surface area contributed by atoms with Crippen molar-refractivity contribution in [3.63, 3.8) is 0 Å². The molecule has 0 bridgehead atoms. The lowest BCUT2D eigenvalue weighted by Crippen LogP contribution is -2.60. The van der Waals surface area contributed by atoms with Crippen LogP contribution in [0.2, 0.25) is 0 Å². The summed E-state index contributed by atoms with van der Waals surface area (Å²) in [7, 11) is 0. The largest absolute Gasteiger partial charge is 0.395 e. The Morgan fingerprint density at radius 2 is 2.30 bits per heavy atom. The van der Waals surface area contributed by atoms with Crippen LogP contribution in [0.4, 0.5) is 4.39 Å². The molecule has 5 heteroatoms. The lowest BCUT2D eigenvalue weighted by molar-refractivity contribution is -0.00502. The van der Waals surface area contributed by atoms with Crippen molar-refractivity contribution in [3.05, 3.63) is 0 Å². The van der Waals surface area contributed by atoms with Gasteiger partial charge in [-0.25, -0.2) is 9.82 Å². The number of alkyl halides is 1. The maximum Gasteiger partial charge on any atom is 0.141 e. The number of halogens is 1. The Morgan fingerprint density at radius 1 is 1.60 bits per heavy atom. The molecule has 10 heavy (non-hydrogen) atoms. The highest BCUT2D eigenvalue weighted by atomic mass is 19.1. The molecule has 0 radical (unpaired) electrons. The highest BCUT2D eigenvalue weighted by Crippen LogP contribution is 2.05. The van der Waals surface area contributed by atoms with Gasteiger partial charge in [0.2, 0.25) is 0 Å². The second kappa shape index (κ2) is 3.25. The third kappa shape index (κ3) is 1.43. The zero-order valence-corrected chi connectivity index (χ0v) is 5.42. The number of hydrogen-bond donors (Lipinski definition) is 4. The molecule has 0 aromatic carbocycles. The summed E-state index contributed by atoms with van der Waals surface area (Å²) in [5.41, 5.74) is 5.08. The van der Waals surface area contributed by atoms with E-state index < -0.39 is 18.3 Å². The van der Waals surface area contributed by atoms with E-state index in [9.17, 15) is 4.39 Å². The minimum atomic E-state index is -1.29. The summed E-state index contributed by atoms with van der Waals surface area (Å²) in [6.45, 7) is -0.188. The van der Waals surface area contributed by atoms with Crippen LogP contribution in [0.5, 0.6) is 0 Å². The average Bonchev–Trinajstić information content (AvgIpc) is 1.95. The smallest absolute Gasteiger partial charge is 0.141 e. The SMILES string of the molecule is OC[C@@H]1NNC[C@H](F)[C@H]1O. The fourth-order valence-corrected chi connectivity index (χ4v) is 0.899. The van der Waals surface area contributed by atoms with Crippen molar-refractivity contribution >= 4 is 0 Å². The van der Waals surface area contributed by atoms with Crippen molar-refractivity contribution in [1.82, 2.24) is 10.9 Å². The third-order valence-corrected chi connectivity index (χ3v) is 1.56. The van der Waals surface area contributed by atoms with Gasteiger partial charge >= 0.3 is 0 Å². The van der Waals surface area contributed by atoms with Crippen LogP contribution in [-0.2, 0) is 0 Å². The van der Waals surface area contributed by atoms with Crippen molar-refractivity contribution in [3.8, 4) is 0 Å². The minimum Gasteiger partial charge on any atom is -0.395 e. The Bertz CT molecular complexity index is 114. The van der Waals surface area contributed by atoms with E-state index in [2.05, 4.69) is 10.9 Å². The van der Waals surface area contributed by atoms with E-state index in [-0.39, 0.29) is 13.2 Å². The molecular formula is C5H11FN2O2. The van der Waals surface area contributed by atoms with E-state index in [1.807, 2.05) is 0 Å². The molecule has 0 aromatic heterocycles. The molecule has 60 valence electrons. The minimum absolute atomic E-state index is 0.0810. The van der Waals surface area contributed by atoms with E-state index in [1.54, 1.807) is 0 Å². The molecule has 1 fully saturated rings. The Balaban J connectivity index is 2.42. The molecule has 0 aromatic rings. The molecule has 1 aliphatic heterocycles. The van der Waals surface area contributed by atoms with E-state index >= 15 is 0 Å². The highest BCUT2D eigenvalue weighted by molar-refractivity contribution is 4.85. The summed E-state index contributed by atoms with van der Waals surface area (Å²) in [6.07, 6.45) is -2.40. The van der Waals surface area contributed by atoms with Gasteiger partial charge in [-0.15, -0.1) is 0 Å². The molecular weight excluding hydrogens is 139 g/mol. The van der Waals surface area contributed by atoms with Gasteiger partial charge in [-0.1, -0.05) is 0 Å². The predicted octanol–water partition coefficient (Wildman–Crippen LogP) is -1.85. The van der Waals surface area contributed by atoms with Crippen LogP contribution >= 0.6 is 0 Å². The van der Waals surface area contributed by atoms with Crippen molar-refractivity contribution in [2.24, 2.45) is 0 Å². The fraction of sp³-hybridized carbons (Fsp3) is 1.00. The van der Waals surface area contributed by atoms with Crippen LogP contribution in [-0.4, -0.2) is 41.7 Å². The van der Waals surface area contributed by atoms with Gasteiger partial charge in [-0.2, -0.15) is 0 Å². The van der Waals surface area contributed by atoms with Gasteiger partial charge in [-0.05, 0) is 0 Å². The zero-order chi connectivity index (χ0) is 7.56. The summed E-state index contributed by atoms with van der Waals surface area (Å²) >= 11 is 0. The molecule has 3 atom stereocenters. The summed E-state index contributed by atoms with van der Waals surface area (Å²) in [6, 6.07) is -0.594. The van der Waals surface area contributed by atoms with Crippen molar-refractivity contribution in [2.45, 2.75) is 18.3 Å². The summed E-state index contributed by atoms with van der Waals surface area (Å²) < 4.78 is 12.6. The Labute approximate surface area is 58.0 Å². The Hall–Kier alpha value is -0.230. The van der Waals surface area contributed by atoms with Crippen LogP contribution in [0.15, 0.2) is 0 Å². The quantitative estimate of drug-likeness (QED) is 0.354. The number of rotatable bonds is 1. The predicted molar refractivity (Wildman–Crippen MR) is 32.9 cm³/mol. The fourth-order valence-electron chi connectivity index (χ4n) is 0.899. The first-order valence-electron chi connectivity index (χ1n) is 3.17. The highest BCUT2D eigenvalue weighted by Gasteiger charge is 2.30. The summed E-state index contributed by atoms with van der Waals surface area (Å²) in [5.74, 6) is 0. The lowest BCUT2D eigenvalue weighted by Gasteiger charge is -2.30. The normalized spacial score (nSPS) is 41.7. The monoisotopic (exact) mass is 150 g/mol. The zero-order valence-electron chi connectivity index (χ0n) is 5.42. The van der Waals surface area contributed by atoms with Crippen LogP contribution in [0.25, 0.3) is 0 Å². The van der Waals surface area contributed by atoms with Crippen LogP contribution in [0, 0.1) is 0 Å². The van der Waals surface area contributed by atoms with Gasteiger partial charge in [0.15, 0.2) is 0 Å². The number of hydrogen-bond acceptors (Lipinski definition) is 4. The third-order valence-electron chi connectivity index (χ3n) is 1.56. The Kier molecular flexibility index (Phi) is 2.56. The van der Waals surface area contributed by atoms with Gasteiger partial charge in [0, 0.05) is 6.54 Å². The van der Waals surface area contributed by atoms with E-state index in [1.165, 1.54) is 0 Å². The summed E-state index contributed by atoms with van der Waals surface area (Å²) in [4.78, 5) is 0. The molecule has 1 rings (SSSR count). The van der Waals surface area contributed by atoms with Crippen LogP contribution < -0.4 is 10.9 Å². The molecule has 4 N–H and O–H groups in total. The molecule has 4 nitrogen and oxygen atoms in total. The standard InChI is InChI=1S/C5H11FN2O2/c6-3-1-7-8-4(2-9)5(3)10/h3-5,7-10H,1-2H2/t3-,4-,5+/m0/s1. The Morgan fingerprint density at radius 3 is 2.80 bits per heavy atom. The molecule has 0 amide bonds. The van der Waals surface area contributed by atoms with E-state index in [4.69, 9.17) is 10.2 Å². The molecule has 1 heterocycles. The van der Waals surface area contributed by atoms with Crippen molar-refractivity contribution in [2.75, 3.05) is 13.2 Å². The second-order valence-electron chi connectivity index (χ2n) is 2.32. The van der Waals surface area contributed by atoms with E-state index in [0.717, 1.165) is 0 Å². The van der Waals surface area contributed by atoms with Gasteiger partial charge in [-0.3, -0.25) is 5.43 Å². The number of nitrogens with one attached hydrogen (secondary N) is 2. The molecule has 0 unspecified atom stereocenters. The van der Waals surface area contributed by atoms with Crippen molar-refractivity contribution < 1.29 is 14.6 Å². The maximum atomic E-state index is 12.6. The van der Waals surface area contributed by atoms with Crippen LogP contribution in [0.1, 0.15) is 0 Å². The first-order valence-corrected chi connectivity index (χ1v) is 3.17. The number of aliphatic hydroxyl groups excluding tert-OH is 2. The molecule has 0 saturated carbocycles. The molecule has 1 aliphatic rings. The topological polar surface area (TPSA) is 64.5 Å². The van der Waals surface area contributed by atoms with Crippen molar-refractivity contribution in [1.29, 1.82) is 0 Å². The summed E-state index contributed by atoms with van der Waals surface area (Å²) in [5, 5.41) is 17.5. The second-order valence-corrected chi connectivity index (χ2v) is 2.32. The number of hydrazine groups is 1. The van der Waals surface area contributed by atoms with Gasteiger partial charge in [0.1, 0.15) is 12.3 Å².